The molecule has 1 aromatic rings. The highest BCUT2D eigenvalue weighted by Gasteiger charge is 2.14. The Morgan fingerprint density at radius 3 is 2.25 bits per heavy atom. The van der Waals surface area contributed by atoms with Crippen LogP contribution < -0.4 is 0 Å². The topological polar surface area (TPSA) is 3.24 Å². The molecule has 0 aromatic heterocycles. The predicted octanol–water partition coefficient (Wildman–Crippen LogP) is 2.65. The van der Waals surface area contributed by atoms with Crippen LogP contribution in [-0.4, -0.2) is 30.3 Å². The molecule has 0 saturated carbocycles. The van der Waals surface area contributed by atoms with Gasteiger partial charge >= 0.3 is 0 Å². The first-order valence-corrected chi connectivity index (χ1v) is 6.83. The van der Waals surface area contributed by atoms with Gasteiger partial charge in [0, 0.05) is 19.6 Å². The summed E-state index contributed by atoms with van der Waals surface area (Å²) in [6.45, 7) is 5.88. The molecule has 0 saturated heterocycles. The van der Waals surface area contributed by atoms with Crippen molar-refractivity contribution in [2.24, 2.45) is 5.92 Å². The molecule has 0 amide bonds. The van der Waals surface area contributed by atoms with Crippen LogP contribution in [0.4, 0.5) is 0 Å². The van der Waals surface area contributed by atoms with Crippen LogP contribution in [0, 0.1) is 5.92 Å². The molecule has 1 aliphatic rings. The minimum atomic E-state index is 0.699. The van der Waals surface area contributed by atoms with Gasteiger partial charge in [-0.1, -0.05) is 31.2 Å². The summed E-state index contributed by atoms with van der Waals surface area (Å²) in [5, 5.41) is 0. The molecule has 1 unspecified atom stereocenters. The summed E-state index contributed by atoms with van der Waals surface area (Å²) in [5.41, 5.74) is 3.09. The van der Waals surface area contributed by atoms with Gasteiger partial charge in [0.15, 0.2) is 0 Å². The molecule has 0 N–H and O–H groups in total. The Hall–Kier alpha value is -0.470. The number of thiol groups is 1. The number of benzene rings is 1. The molecule has 0 aliphatic carbocycles. The van der Waals surface area contributed by atoms with Crippen molar-refractivity contribution in [1.82, 2.24) is 4.90 Å². The molecule has 2 heteroatoms. The maximum Gasteiger partial charge on any atom is 0.00222 e. The lowest BCUT2D eigenvalue weighted by Gasteiger charge is -2.22. The monoisotopic (exact) mass is 235 g/mol. The van der Waals surface area contributed by atoms with E-state index >= 15 is 0 Å². The van der Waals surface area contributed by atoms with Crippen molar-refractivity contribution in [2.45, 2.75) is 19.8 Å². The van der Waals surface area contributed by atoms with Gasteiger partial charge in [-0.15, -0.1) is 0 Å². The van der Waals surface area contributed by atoms with Crippen LogP contribution in [0.5, 0.6) is 0 Å². The van der Waals surface area contributed by atoms with Gasteiger partial charge in [-0.25, -0.2) is 0 Å². The largest absolute Gasteiger partial charge is 0.302 e. The fourth-order valence-electron chi connectivity index (χ4n) is 2.40. The maximum atomic E-state index is 4.36. The SMILES string of the molecule is CC(CS)CN1CCc2ccccc2CC1. The molecule has 1 atom stereocenters. The second kappa shape index (κ2) is 5.74. The Morgan fingerprint density at radius 2 is 1.75 bits per heavy atom. The van der Waals surface area contributed by atoms with Crippen LogP contribution in [0.3, 0.4) is 0 Å². The number of fused-ring (bicyclic) bond motifs is 1. The number of hydrogen-bond donors (Lipinski definition) is 1. The first-order chi connectivity index (χ1) is 7.79. The van der Waals surface area contributed by atoms with Gasteiger partial charge in [0.1, 0.15) is 0 Å². The second-order valence-electron chi connectivity index (χ2n) is 4.86. The number of rotatable bonds is 3. The normalized spacial score (nSPS) is 18.9. The van der Waals surface area contributed by atoms with E-state index < -0.39 is 0 Å². The summed E-state index contributed by atoms with van der Waals surface area (Å²) >= 11 is 4.36. The van der Waals surface area contributed by atoms with E-state index in [9.17, 15) is 0 Å². The smallest absolute Gasteiger partial charge is 0.00222 e. The van der Waals surface area contributed by atoms with Crippen LogP contribution in [0.1, 0.15) is 18.1 Å². The molecule has 1 heterocycles. The molecule has 0 radical (unpaired) electrons. The van der Waals surface area contributed by atoms with Crippen molar-refractivity contribution in [1.29, 1.82) is 0 Å². The third-order valence-corrected chi connectivity index (χ3v) is 4.02. The third kappa shape index (κ3) is 3.02. The lowest BCUT2D eigenvalue weighted by atomic mass is 10.0. The maximum absolute atomic E-state index is 4.36. The summed E-state index contributed by atoms with van der Waals surface area (Å²) in [6, 6.07) is 8.87. The van der Waals surface area contributed by atoms with Crippen LogP contribution in [-0.2, 0) is 12.8 Å². The minimum absolute atomic E-state index is 0.699. The van der Waals surface area contributed by atoms with Gasteiger partial charge in [-0.2, -0.15) is 12.6 Å². The quantitative estimate of drug-likeness (QED) is 0.788. The summed E-state index contributed by atoms with van der Waals surface area (Å²) < 4.78 is 0. The van der Waals surface area contributed by atoms with Crippen molar-refractivity contribution in [3.63, 3.8) is 0 Å². The van der Waals surface area contributed by atoms with Crippen molar-refractivity contribution in [3.8, 4) is 0 Å². The van der Waals surface area contributed by atoms with Crippen molar-refractivity contribution in [3.05, 3.63) is 35.4 Å². The molecule has 1 nitrogen and oxygen atoms in total. The van der Waals surface area contributed by atoms with Crippen LogP contribution in [0.25, 0.3) is 0 Å². The predicted molar refractivity (Wildman–Crippen MR) is 73.3 cm³/mol. The number of nitrogens with zero attached hydrogens (tertiary/aromatic N) is 1. The molecule has 1 aliphatic heterocycles. The second-order valence-corrected chi connectivity index (χ2v) is 5.22. The summed E-state index contributed by atoms with van der Waals surface area (Å²) in [5.74, 6) is 1.69. The number of hydrogen-bond acceptors (Lipinski definition) is 2. The Kier molecular flexibility index (Phi) is 4.30. The van der Waals surface area contributed by atoms with Crippen molar-refractivity contribution < 1.29 is 0 Å². The standard InChI is InChI=1S/C14H21NS/c1-12(11-16)10-15-8-6-13-4-2-3-5-14(13)7-9-15/h2-5,12,16H,6-11H2,1H3. The molecule has 0 fully saturated rings. The van der Waals surface area contributed by atoms with Gasteiger partial charge in [-0.3, -0.25) is 0 Å². The van der Waals surface area contributed by atoms with E-state index in [1.54, 1.807) is 11.1 Å². The minimum Gasteiger partial charge on any atom is -0.302 e. The Balaban J connectivity index is 1.97. The molecule has 88 valence electrons. The van der Waals surface area contributed by atoms with Crippen molar-refractivity contribution >= 4 is 12.6 Å². The summed E-state index contributed by atoms with van der Waals surface area (Å²) in [7, 11) is 0. The molecular formula is C14H21NS. The molecule has 0 spiro atoms. The molecular weight excluding hydrogens is 214 g/mol. The zero-order chi connectivity index (χ0) is 11.4. The molecule has 1 aromatic carbocycles. The average Bonchev–Trinajstić information content (AvgIpc) is 2.52. The molecule has 16 heavy (non-hydrogen) atoms. The highest BCUT2D eigenvalue weighted by Crippen LogP contribution is 2.16. The highest BCUT2D eigenvalue weighted by molar-refractivity contribution is 7.80. The van der Waals surface area contributed by atoms with E-state index in [0.717, 1.165) is 5.75 Å². The van der Waals surface area contributed by atoms with E-state index in [1.165, 1.54) is 32.5 Å². The first-order valence-electron chi connectivity index (χ1n) is 6.19. The Morgan fingerprint density at radius 1 is 1.19 bits per heavy atom. The van der Waals surface area contributed by atoms with Crippen LogP contribution in [0.15, 0.2) is 24.3 Å². The van der Waals surface area contributed by atoms with E-state index in [-0.39, 0.29) is 0 Å². The molecule has 0 bridgehead atoms. The van der Waals surface area contributed by atoms with Gasteiger partial charge in [-0.05, 0) is 35.6 Å². The van der Waals surface area contributed by atoms with E-state index in [4.69, 9.17) is 0 Å². The first kappa shape index (κ1) is 12.0. The van der Waals surface area contributed by atoms with E-state index in [0.29, 0.717) is 5.92 Å². The van der Waals surface area contributed by atoms with Gasteiger partial charge in [0.25, 0.3) is 0 Å². The Bertz CT molecular complexity index is 310. The van der Waals surface area contributed by atoms with E-state index in [2.05, 4.69) is 48.7 Å². The third-order valence-electron chi connectivity index (χ3n) is 3.39. The van der Waals surface area contributed by atoms with Gasteiger partial charge < -0.3 is 4.90 Å². The van der Waals surface area contributed by atoms with Crippen LogP contribution >= 0.6 is 12.6 Å². The van der Waals surface area contributed by atoms with E-state index in [1.807, 2.05) is 0 Å². The van der Waals surface area contributed by atoms with Crippen molar-refractivity contribution in [2.75, 3.05) is 25.4 Å². The summed E-state index contributed by atoms with van der Waals surface area (Å²) in [4.78, 5) is 2.58. The summed E-state index contributed by atoms with van der Waals surface area (Å²) in [6.07, 6.45) is 2.41. The fourth-order valence-corrected chi connectivity index (χ4v) is 2.51. The zero-order valence-electron chi connectivity index (χ0n) is 10.0. The zero-order valence-corrected chi connectivity index (χ0v) is 10.9. The average molecular weight is 235 g/mol. The highest BCUT2D eigenvalue weighted by atomic mass is 32.1. The fraction of sp³-hybridized carbons (Fsp3) is 0.571. The van der Waals surface area contributed by atoms with Crippen LogP contribution in [0.2, 0.25) is 0 Å². The lowest BCUT2D eigenvalue weighted by Crippen LogP contribution is -2.31. The van der Waals surface area contributed by atoms with Gasteiger partial charge in [0.2, 0.25) is 0 Å². The molecule has 2 rings (SSSR count). The Labute approximate surface area is 104 Å². The van der Waals surface area contributed by atoms with Gasteiger partial charge in [0.05, 0.1) is 0 Å². The lowest BCUT2D eigenvalue weighted by molar-refractivity contribution is 0.257.